The van der Waals surface area contributed by atoms with E-state index >= 15 is 0 Å². The van der Waals surface area contributed by atoms with Crippen molar-refractivity contribution in [2.45, 2.75) is 65.3 Å². The smallest absolute Gasteiger partial charge is 0.221 e. The van der Waals surface area contributed by atoms with Gasteiger partial charge in [-0.05, 0) is 44.1 Å². The summed E-state index contributed by atoms with van der Waals surface area (Å²) in [5.41, 5.74) is 0.459. The van der Waals surface area contributed by atoms with Gasteiger partial charge in [0.25, 0.3) is 0 Å². The lowest BCUT2D eigenvalue weighted by Crippen LogP contribution is -2.40. The maximum absolute atomic E-state index is 11.7. The molecule has 0 radical (unpaired) electrons. The molecule has 0 aromatic rings. The van der Waals surface area contributed by atoms with E-state index in [4.69, 9.17) is 0 Å². The summed E-state index contributed by atoms with van der Waals surface area (Å²) >= 11 is 0. The Morgan fingerprint density at radius 1 is 1.21 bits per heavy atom. The largest absolute Gasteiger partial charge is 0.353 e. The van der Waals surface area contributed by atoms with Crippen molar-refractivity contribution in [1.82, 2.24) is 10.6 Å². The van der Waals surface area contributed by atoms with Gasteiger partial charge in [0.05, 0.1) is 0 Å². The summed E-state index contributed by atoms with van der Waals surface area (Å²) in [6, 6.07) is 0.415. The molecular weight excluding hydrogens is 260 g/mol. The molecule has 0 atom stereocenters. The summed E-state index contributed by atoms with van der Waals surface area (Å²) in [5, 5.41) is 6.17. The molecule has 0 spiro atoms. The quantitative estimate of drug-likeness (QED) is 0.789. The Morgan fingerprint density at radius 3 is 2.26 bits per heavy atom. The van der Waals surface area contributed by atoms with Gasteiger partial charge in [-0.1, -0.05) is 27.2 Å². The van der Waals surface area contributed by atoms with Gasteiger partial charge in [-0.3, -0.25) is 4.79 Å². The Morgan fingerprint density at radius 2 is 1.79 bits per heavy atom. The first-order valence-electron chi connectivity index (χ1n) is 7.43. The molecule has 1 aliphatic rings. The molecule has 1 rings (SSSR count). The van der Waals surface area contributed by atoms with Crippen LogP contribution in [0, 0.1) is 11.3 Å². The Labute approximate surface area is 124 Å². The van der Waals surface area contributed by atoms with Crippen LogP contribution in [-0.4, -0.2) is 25.5 Å². The lowest BCUT2D eigenvalue weighted by Gasteiger charge is -2.39. The summed E-state index contributed by atoms with van der Waals surface area (Å²) in [7, 11) is 1.88. The van der Waals surface area contributed by atoms with Crippen molar-refractivity contribution in [2.75, 3.05) is 13.6 Å². The molecule has 1 saturated carbocycles. The van der Waals surface area contributed by atoms with Crippen LogP contribution in [-0.2, 0) is 4.79 Å². The zero-order valence-corrected chi connectivity index (χ0v) is 13.7. The first kappa shape index (κ1) is 18.7. The monoisotopic (exact) mass is 290 g/mol. The highest BCUT2D eigenvalue weighted by Crippen LogP contribution is 2.40. The van der Waals surface area contributed by atoms with Crippen molar-refractivity contribution in [3.8, 4) is 0 Å². The minimum atomic E-state index is 0. The lowest BCUT2D eigenvalue weighted by atomic mass is 9.69. The minimum absolute atomic E-state index is 0. The normalized spacial score (nSPS) is 23.6. The average molecular weight is 291 g/mol. The molecule has 0 saturated heterocycles. The number of amides is 1. The third kappa shape index (κ3) is 6.13. The Hall–Kier alpha value is -0.280. The van der Waals surface area contributed by atoms with E-state index in [2.05, 4.69) is 31.4 Å². The molecule has 0 aliphatic heterocycles. The van der Waals surface area contributed by atoms with Crippen molar-refractivity contribution >= 4 is 18.3 Å². The summed E-state index contributed by atoms with van der Waals surface area (Å²) in [4.78, 5) is 11.7. The Balaban J connectivity index is 0.00000324. The fraction of sp³-hybridized carbons (Fsp3) is 0.933. The molecule has 0 bridgehead atoms. The third-order valence-electron chi connectivity index (χ3n) is 4.71. The zero-order chi connectivity index (χ0) is 13.6. The molecule has 0 aromatic carbocycles. The van der Waals surface area contributed by atoms with Gasteiger partial charge in [-0.2, -0.15) is 0 Å². The maximum atomic E-state index is 11.7. The standard InChI is InChI=1S/C15H30N2O.ClH/c1-5-15(2,3)12-6-8-13(9-7-12)17-14(18)10-11-16-4;/h12-13,16H,5-11H2,1-4H3,(H,17,18);1H. The van der Waals surface area contributed by atoms with Crippen LogP contribution in [0.25, 0.3) is 0 Å². The van der Waals surface area contributed by atoms with E-state index in [9.17, 15) is 4.79 Å². The highest BCUT2D eigenvalue weighted by molar-refractivity contribution is 5.85. The van der Waals surface area contributed by atoms with E-state index < -0.39 is 0 Å². The molecule has 0 aromatic heterocycles. The van der Waals surface area contributed by atoms with E-state index in [-0.39, 0.29) is 18.3 Å². The Kier molecular flexibility index (Phi) is 8.67. The molecule has 19 heavy (non-hydrogen) atoms. The lowest BCUT2D eigenvalue weighted by molar-refractivity contribution is -0.122. The highest BCUT2D eigenvalue weighted by atomic mass is 35.5. The van der Waals surface area contributed by atoms with Crippen molar-refractivity contribution in [1.29, 1.82) is 0 Å². The van der Waals surface area contributed by atoms with E-state index in [1.54, 1.807) is 0 Å². The second-order valence-corrected chi connectivity index (χ2v) is 6.31. The molecule has 1 aliphatic carbocycles. The predicted octanol–water partition coefficient (Wildman–Crippen LogP) is 3.13. The molecular formula is C15H31ClN2O. The van der Waals surface area contributed by atoms with Gasteiger partial charge >= 0.3 is 0 Å². The van der Waals surface area contributed by atoms with Crippen molar-refractivity contribution in [3.63, 3.8) is 0 Å². The SMILES string of the molecule is CCC(C)(C)C1CCC(NC(=O)CCNC)CC1.Cl. The van der Waals surface area contributed by atoms with Gasteiger partial charge in [0.1, 0.15) is 0 Å². The number of nitrogens with one attached hydrogen (secondary N) is 2. The number of halogens is 1. The van der Waals surface area contributed by atoms with Gasteiger partial charge < -0.3 is 10.6 Å². The topological polar surface area (TPSA) is 41.1 Å². The molecule has 114 valence electrons. The molecule has 3 nitrogen and oxygen atoms in total. The summed E-state index contributed by atoms with van der Waals surface area (Å²) in [5.74, 6) is 1.02. The predicted molar refractivity (Wildman–Crippen MR) is 83.8 cm³/mol. The van der Waals surface area contributed by atoms with Crippen LogP contribution in [0.2, 0.25) is 0 Å². The van der Waals surface area contributed by atoms with E-state index in [1.165, 1.54) is 19.3 Å². The fourth-order valence-electron chi connectivity index (χ4n) is 2.85. The molecule has 2 N–H and O–H groups in total. The van der Waals surface area contributed by atoms with Crippen LogP contribution in [0.4, 0.5) is 0 Å². The van der Waals surface area contributed by atoms with Crippen LogP contribution in [0.5, 0.6) is 0 Å². The first-order valence-corrected chi connectivity index (χ1v) is 7.43. The Bertz CT molecular complexity index is 261. The molecule has 1 amide bonds. The zero-order valence-electron chi connectivity index (χ0n) is 12.9. The first-order chi connectivity index (χ1) is 8.49. The minimum Gasteiger partial charge on any atom is -0.353 e. The third-order valence-corrected chi connectivity index (χ3v) is 4.71. The molecule has 1 fully saturated rings. The van der Waals surface area contributed by atoms with Crippen molar-refractivity contribution in [3.05, 3.63) is 0 Å². The van der Waals surface area contributed by atoms with Gasteiger partial charge in [-0.25, -0.2) is 0 Å². The van der Waals surface area contributed by atoms with E-state index in [1.807, 2.05) is 7.05 Å². The molecule has 4 heteroatoms. The van der Waals surface area contributed by atoms with Crippen LogP contribution >= 0.6 is 12.4 Å². The molecule has 0 unspecified atom stereocenters. The van der Waals surface area contributed by atoms with Crippen LogP contribution in [0.15, 0.2) is 0 Å². The maximum Gasteiger partial charge on any atom is 0.221 e. The number of carbonyl (C=O) groups excluding carboxylic acids is 1. The van der Waals surface area contributed by atoms with Gasteiger partial charge in [-0.15, -0.1) is 12.4 Å². The number of carbonyl (C=O) groups is 1. The average Bonchev–Trinajstić information content (AvgIpc) is 2.37. The second-order valence-electron chi connectivity index (χ2n) is 6.31. The van der Waals surface area contributed by atoms with Gasteiger partial charge in [0, 0.05) is 19.0 Å². The van der Waals surface area contributed by atoms with Gasteiger partial charge in [0.2, 0.25) is 5.91 Å². The van der Waals surface area contributed by atoms with Crippen molar-refractivity contribution < 1.29 is 4.79 Å². The van der Waals surface area contributed by atoms with Crippen LogP contribution < -0.4 is 10.6 Å². The van der Waals surface area contributed by atoms with E-state index in [0.29, 0.717) is 17.9 Å². The van der Waals surface area contributed by atoms with Gasteiger partial charge in [0.15, 0.2) is 0 Å². The van der Waals surface area contributed by atoms with Crippen molar-refractivity contribution in [2.24, 2.45) is 11.3 Å². The summed E-state index contributed by atoms with van der Waals surface area (Å²) < 4.78 is 0. The second kappa shape index (κ2) is 8.80. The highest BCUT2D eigenvalue weighted by Gasteiger charge is 2.31. The summed E-state index contributed by atoms with van der Waals surface area (Å²) in [6.45, 7) is 7.81. The van der Waals surface area contributed by atoms with Crippen LogP contribution in [0.3, 0.4) is 0 Å². The van der Waals surface area contributed by atoms with E-state index in [0.717, 1.165) is 25.3 Å². The number of hydrogen-bond acceptors (Lipinski definition) is 2. The fourth-order valence-corrected chi connectivity index (χ4v) is 2.85. The van der Waals surface area contributed by atoms with Crippen LogP contribution in [0.1, 0.15) is 59.3 Å². The number of rotatable bonds is 6. The molecule has 0 heterocycles. The number of hydrogen-bond donors (Lipinski definition) is 2. The summed E-state index contributed by atoms with van der Waals surface area (Å²) in [6.07, 6.45) is 6.67.